The third-order valence-electron chi connectivity index (χ3n) is 4.19. The van der Waals surface area contributed by atoms with Gasteiger partial charge in [0.2, 0.25) is 0 Å². The molecule has 0 spiro atoms. The molecule has 1 atom stereocenters. The van der Waals surface area contributed by atoms with Crippen LogP contribution in [0.5, 0.6) is 5.75 Å². The molecule has 3 rings (SSSR count). The summed E-state index contributed by atoms with van der Waals surface area (Å²) in [6, 6.07) is 7.21. The number of aryl methyl sites for hydroxylation is 1. The van der Waals surface area contributed by atoms with Crippen molar-refractivity contribution < 1.29 is 4.74 Å². The Labute approximate surface area is 136 Å². The first-order valence-corrected chi connectivity index (χ1v) is 8.25. The van der Waals surface area contributed by atoms with Gasteiger partial charge < -0.3 is 10.5 Å². The van der Waals surface area contributed by atoms with Crippen LogP contribution in [-0.2, 0) is 12.8 Å². The zero-order chi connectivity index (χ0) is 16.4. The van der Waals surface area contributed by atoms with Gasteiger partial charge in [0.1, 0.15) is 11.6 Å². The van der Waals surface area contributed by atoms with Crippen molar-refractivity contribution in [2.75, 3.05) is 6.61 Å². The molecule has 2 aromatic rings. The van der Waals surface area contributed by atoms with Crippen LogP contribution in [0, 0.1) is 0 Å². The van der Waals surface area contributed by atoms with Gasteiger partial charge in [-0.3, -0.25) is 9.36 Å². The van der Waals surface area contributed by atoms with E-state index in [1.54, 1.807) is 4.57 Å². The molecule has 23 heavy (non-hydrogen) atoms. The Balaban J connectivity index is 2.15. The molecule has 1 aliphatic carbocycles. The van der Waals surface area contributed by atoms with Crippen molar-refractivity contribution in [3.63, 3.8) is 0 Å². The molecule has 0 fully saturated rings. The van der Waals surface area contributed by atoms with Crippen LogP contribution in [-0.4, -0.2) is 16.2 Å². The standard InChI is InChI=1S/C18H23N3O2/c1-3-23-14-10-8-13(9-11-14)21-17(12(2)19)20-16-7-5-4-6-15(16)18(21)22/h8-12H,3-7,19H2,1-2H3/t12-/m1/s1. The first-order chi connectivity index (χ1) is 11.1. The number of benzene rings is 1. The monoisotopic (exact) mass is 313 g/mol. The Kier molecular flexibility index (Phi) is 4.48. The average molecular weight is 313 g/mol. The first-order valence-electron chi connectivity index (χ1n) is 8.25. The van der Waals surface area contributed by atoms with Crippen molar-refractivity contribution in [1.29, 1.82) is 0 Å². The van der Waals surface area contributed by atoms with Crippen molar-refractivity contribution in [2.45, 2.75) is 45.6 Å². The zero-order valence-electron chi connectivity index (χ0n) is 13.7. The van der Waals surface area contributed by atoms with Crippen LogP contribution in [0.25, 0.3) is 5.69 Å². The maximum absolute atomic E-state index is 13.0. The van der Waals surface area contributed by atoms with Gasteiger partial charge in [-0.2, -0.15) is 0 Å². The lowest BCUT2D eigenvalue weighted by molar-refractivity contribution is 0.340. The summed E-state index contributed by atoms with van der Waals surface area (Å²) in [5, 5.41) is 0. The van der Waals surface area contributed by atoms with Gasteiger partial charge in [-0.05, 0) is 63.8 Å². The lowest BCUT2D eigenvalue weighted by atomic mass is 9.96. The second-order valence-corrected chi connectivity index (χ2v) is 5.96. The number of aromatic nitrogens is 2. The molecule has 1 aromatic heterocycles. The molecule has 122 valence electrons. The molecule has 2 N–H and O–H groups in total. The summed E-state index contributed by atoms with van der Waals surface area (Å²) in [4.78, 5) is 17.7. The molecule has 0 bridgehead atoms. The van der Waals surface area contributed by atoms with Crippen LogP contribution in [0.15, 0.2) is 29.1 Å². The number of hydrogen-bond acceptors (Lipinski definition) is 4. The second-order valence-electron chi connectivity index (χ2n) is 5.96. The van der Waals surface area contributed by atoms with E-state index in [4.69, 9.17) is 15.5 Å². The molecule has 0 saturated carbocycles. The molecule has 0 amide bonds. The molecule has 0 aliphatic heterocycles. The second kappa shape index (κ2) is 6.54. The highest BCUT2D eigenvalue weighted by Gasteiger charge is 2.21. The predicted molar refractivity (Wildman–Crippen MR) is 90.2 cm³/mol. The van der Waals surface area contributed by atoms with Crippen molar-refractivity contribution >= 4 is 0 Å². The summed E-state index contributed by atoms with van der Waals surface area (Å²) >= 11 is 0. The molecule has 0 saturated heterocycles. The Morgan fingerprint density at radius 1 is 1.26 bits per heavy atom. The third-order valence-corrected chi connectivity index (χ3v) is 4.19. The maximum atomic E-state index is 13.0. The van der Waals surface area contributed by atoms with E-state index in [0.717, 1.165) is 48.4 Å². The van der Waals surface area contributed by atoms with E-state index in [2.05, 4.69) is 0 Å². The van der Waals surface area contributed by atoms with Crippen molar-refractivity contribution in [1.82, 2.24) is 9.55 Å². The third kappa shape index (κ3) is 3.01. The van der Waals surface area contributed by atoms with Gasteiger partial charge in [0, 0.05) is 5.56 Å². The summed E-state index contributed by atoms with van der Waals surface area (Å²) < 4.78 is 7.12. The van der Waals surface area contributed by atoms with Crippen molar-refractivity contribution in [3.05, 3.63) is 51.7 Å². The van der Waals surface area contributed by atoms with E-state index < -0.39 is 0 Å². The summed E-state index contributed by atoms with van der Waals surface area (Å²) in [5.41, 5.74) is 8.66. The van der Waals surface area contributed by atoms with E-state index in [-0.39, 0.29) is 11.6 Å². The quantitative estimate of drug-likeness (QED) is 0.941. The molecule has 1 heterocycles. The van der Waals surface area contributed by atoms with Crippen molar-refractivity contribution in [2.24, 2.45) is 5.73 Å². The van der Waals surface area contributed by atoms with E-state index >= 15 is 0 Å². The Morgan fingerprint density at radius 3 is 2.61 bits per heavy atom. The topological polar surface area (TPSA) is 70.1 Å². The molecular weight excluding hydrogens is 290 g/mol. The Hall–Kier alpha value is -2.14. The van der Waals surface area contributed by atoms with Crippen LogP contribution in [0.2, 0.25) is 0 Å². The van der Waals surface area contributed by atoms with Crippen LogP contribution >= 0.6 is 0 Å². The maximum Gasteiger partial charge on any atom is 0.261 e. The van der Waals surface area contributed by atoms with Gasteiger partial charge >= 0.3 is 0 Å². The number of rotatable bonds is 4. The average Bonchev–Trinajstić information content (AvgIpc) is 2.56. The smallest absolute Gasteiger partial charge is 0.261 e. The van der Waals surface area contributed by atoms with E-state index in [1.165, 1.54) is 0 Å². The highest BCUT2D eigenvalue weighted by molar-refractivity contribution is 5.40. The highest BCUT2D eigenvalue weighted by atomic mass is 16.5. The van der Waals surface area contributed by atoms with Gasteiger partial charge in [0.05, 0.1) is 24.0 Å². The first kappa shape index (κ1) is 15.7. The SMILES string of the molecule is CCOc1ccc(-n2c([C@@H](C)N)nc3c(c2=O)CCCC3)cc1. The minimum atomic E-state index is -0.304. The van der Waals surface area contributed by atoms with Gasteiger partial charge in [0.15, 0.2) is 0 Å². The fourth-order valence-corrected chi connectivity index (χ4v) is 3.08. The van der Waals surface area contributed by atoms with Gasteiger partial charge in [-0.15, -0.1) is 0 Å². The fraction of sp³-hybridized carbons (Fsp3) is 0.444. The van der Waals surface area contributed by atoms with Crippen LogP contribution in [0.4, 0.5) is 0 Å². The Morgan fingerprint density at radius 2 is 1.96 bits per heavy atom. The Bertz CT molecular complexity index is 748. The minimum Gasteiger partial charge on any atom is -0.494 e. The van der Waals surface area contributed by atoms with E-state index in [9.17, 15) is 4.79 Å². The van der Waals surface area contributed by atoms with E-state index in [0.29, 0.717) is 12.4 Å². The normalized spacial score (nSPS) is 15.1. The number of nitrogens with two attached hydrogens (primary N) is 1. The summed E-state index contributed by atoms with van der Waals surface area (Å²) in [5.74, 6) is 1.41. The van der Waals surface area contributed by atoms with Crippen molar-refractivity contribution in [3.8, 4) is 11.4 Å². The number of hydrogen-bond donors (Lipinski definition) is 1. The summed E-state index contributed by atoms with van der Waals surface area (Å²) in [6.07, 6.45) is 3.81. The lowest BCUT2D eigenvalue weighted by Crippen LogP contribution is -2.32. The van der Waals surface area contributed by atoms with Gasteiger partial charge in [-0.25, -0.2) is 4.98 Å². The number of ether oxygens (including phenoxy) is 1. The predicted octanol–water partition coefficient (Wildman–Crippen LogP) is 2.53. The highest BCUT2D eigenvalue weighted by Crippen LogP contribution is 2.22. The molecule has 1 aliphatic rings. The molecule has 5 nitrogen and oxygen atoms in total. The largest absolute Gasteiger partial charge is 0.494 e. The van der Waals surface area contributed by atoms with E-state index in [1.807, 2.05) is 38.1 Å². The summed E-state index contributed by atoms with van der Waals surface area (Å²) in [6.45, 7) is 4.42. The fourth-order valence-electron chi connectivity index (χ4n) is 3.08. The number of nitrogens with zero attached hydrogens (tertiary/aromatic N) is 2. The molecule has 5 heteroatoms. The van der Waals surface area contributed by atoms with Gasteiger partial charge in [-0.1, -0.05) is 0 Å². The van der Waals surface area contributed by atoms with Crippen LogP contribution in [0.1, 0.15) is 49.8 Å². The van der Waals surface area contributed by atoms with Gasteiger partial charge in [0.25, 0.3) is 5.56 Å². The molecule has 1 aromatic carbocycles. The zero-order valence-corrected chi connectivity index (χ0v) is 13.7. The van der Waals surface area contributed by atoms with Crippen LogP contribution in [0.3, 0.4) is 0 Å². The lowest BCUT2D eigenvalue weighted by Gasteiger charge is -2.21. The summed E-state index contributed by atoms with van der Waals surface area (Å²) in [7, 11) is 0. The molecule has 0 radical (unpaired) electrons. The minimum absolute atomic E-state index is 0.0196. The molecule has 0 unspecified atom stereocenters. The molecular formula is C18H23N3O2. The number of fused-ring (bicyclic) bond motifs is 1. The van der Waals surface area contributed by atoms with Crippen LogP contribution < -0.4 is 16.0 Å².